The fourth-order valence-electron chi connectivity index (χ4n) is 4.29. The highest BCUT2D eigenvalue weighted by Crippen LogP contribution is 2.37. The van der Waals surface area contributed by atoms with Gasteiger partial charge in [-0.15, -0.1) is 0 Å². The molecule has 1 heterocycles. The van der Waals surface area contributed by atoms with Gasteiger partial charge in [0.15, 0.2) is 0 Å². The highest BCUT2D eigenvalue weighted by Gasteiger charge is 2.29. The van der Waals surface area contributed by atoms with E-state index in [1.54, 1.807) is 6.20 Å². The lowest BCUT2D eigenvalue weighted by atomic mass is 10.00. The van der Waals surface area contributed by atoms with Crippen molar-refractivity contribution in [3.05, 3.63) is 94.0 Å². The zero-order valence-electron chi connectivity index (χ0n) is 17.8. The molecule has 0 radical (unpaired) electrons. The molecule has 162 valence electrons. The van der Waals surface area contributed by atoms with Crippen LogP contribution in [-0.4, -0.2) is 15.0 Å². The number of fused-ring (bicyclic) bond motifs is 1. The average molecular weight is 446 g/mol. The van der Waals surface area contributed by atoms with E-state index in [2.05, 4.69) is 23.5 Å². The quantitative estimate of drug-likeness (QED) is 0.435. The van der Waals surface area contributed by atoms with Crippen molar-refractivity contribution in [2.75, 3.05) is 0 Å². The maximum atomic E-state index is 13.1. The van der Waals surface area contributed by atoms with Crippen molar-refractivity contribution < 1.29 is 4.79 Å². The Balaban J connectivity index is 1.39. The summed E-state index contributed by atoms with van der Waals surface area (Å²) in [5.74, 6) is -0.192. The number of carbonyl (C=O) groups is 1. The second-order valence-corrected chi connectivity index (χ2v) is 8.83. The standard InChI is InChI=1S/C26H24ClN3O2/c1-17(22-8-4-6-18-5-2-3-7-23(18)22)28-25(31)16-29-15-24(19-9-11-20(27)12-10-19)30(26(29)32)21-13-14-21/h2-12,15,17,21H,13-14,16H2,1H3,(H,28,31)/t17-/m0/s1. The van der Waals surface area contributed by atoms with Crippen molar-refractivity contribution in [1.82, 2.24) is 14.5 Å². The molecule has 3 aromatic carbocycles. The van der Waals surface area contributed by atoms with E-state index < -0.39 is 0 Å². The summed E-state index contributed by atoms with van der Waals surface area (Å²) < 4.78 is 3.32. The van der Waals surface area contributed by atoms with Gasteiger partial charge < -0.3 is 5.32 Å². The molecule has 5 nitrogen and oxygen atoms in total. The molecule has 0 saturated heterocycles. The zero-order chi connectivity index (χ0) is 22.2. The van der Waals surface area contributed by atoms with Gasteiger partial charge in [-0.25, -0.2) is 4.79 Å². The largest absolute Gasteiger partial charge is 0.348 e. The first-order valence-corrected chi connectivity index (χ1v) is 11.2. The highest BCUT2D eigenvalue weighted by molar-refractivity contribution is 6.30. The molecular weight excluding hydrogens is 422 g/mol. The summed E-state index contributed by atoms with van der Waals surface area (Å²) >= 11 is 6.03. The SMILES string of the molecule is C[C@H](NC(=O)Cn1cc(-c2ccc(Cl)cc2)n(C2CC2)c1=O)c1cccc2ccccc12. The number of halogens is 1. The summed E-state index contributed by atoms with van der Waals surface area (Å²) in [4.78, 5) is 26.0. The Labute approximate surface area is 191 Å². The average Bonchev–Trinajstić information content (AvgIpc) is 3.58. The molecule has 1 aromatic heterocycles. The third-order valence-electron chi connectivity index (χ3n) is 6.02. The van der Waals surface area contributed by atoms with Gasteiger partial charge in [0.1, 0.15) is 6.54 Å². The van der Waals surface area contributed by atoms with Gasteiger partial charge in [-0.05, 0) is 53.8 Å². The van der Waals surface area contributed by atoms with Crippen molar-refractivity contribution in [2.24, 2.45) is 0 Å². The zero-order valence-corrected chi connectivity index (χ0v) is 18.5. The molecule has 5 rings (SSSR count). The van der Waals surface area contributed by atoms with E-state index >= 15 is 0 Å². The number of amides is 1. The number of hydrogen-bond acceptors (Lipinski definition) is 2. The molecule has 6 heteroatoms. The van der Waals surface area contributed by atoms with Crippen LogP contribution in [0, 0.1) is 0 Å². The maximum absolute atomic E-state index is 13.1. The number of imidazole rings is 1. The van der Waals surface area contributed by atoms with Crippen LogP contribution in [0.1, 0.15) is 37.4 Å². The van der Waals surface area contributed by atoms with Crippen LogP contribution in [-0.2, 0) is 11.3 Å². The van der Waals surface area contributed by atoms with Gasteiger partial charge in [0, 0.05) is 17.3 Å². The molecule has 0 spiro atoms. The smallest absolute Gasteiger partial charge is 0.329 e. The predicted octanol–water partition coefficient (Wildman–Crippen LogP) is 5.34. The Kier molecular flexibility index (Phi) is 5.35. The summed E-state index contributed by atoms with van der Waals surface area (Å²) in [6.07, 6.45) is 3.75. The first kappa shape index (κ1) is 20.6. The second kappa shape index (κ2) is 8.32. The Morgan fingerprint density at radius 1 is 1.06 bits per heavy atom. The van der Waals surface area contributed by atoms with E-state index in [4.69, 9.17) is 11.6 Å². The molecule has 1 atom stereocenters. The number of rotatable bonds is 6. The minimum atomic E-state index is -0.192. The van der Waals surface area contributed by atoms with Crippen LogP contribution in [0.25, 0.3) is 22.0 Å². The summed E-state index contributed by atoms with van der Waals surface area (Å²) in [7, 11) is 0. The van der Waals surface area contributed by atoms with Crippen molar-refractivity contribution in [2.45, 2.75) is 38.4 Å². The second-order valence-electron chi connectivity index (χ2n) is 8.39. The highest BCUT2D eigenvalue weighted by atomic mass is 35.5. The van der Waals surface area contributed by atoms with E-state index in [1.807, 2.05) is 60.0 Å². The number of nitrogens with zero attached hydrogens (tertiary/aromatic N) is 2. The Morgan fingerprint density at radius 3 is 2.53 bits per heavy atom. The van der Waals surface area contributed by atoms with E-state index in [9.17, 15) is 9.59 Å². The van der Waals surface area contributed by atoms with Crippen molar-refractivity contribution in [1.29, 1.82) is 0 Å². The van der Waals surface area contributed by atoms with Crippen molar-refractivity contribution >= 4 is 28.3 Å². The molecule has 1 saturated carbocycles. The van der Waals surface area contributed by atoms with Crippen LogP contribution in [0.3, 0.4) is 0 Å². The Morgan fingerprint density at radius 2 is 1.78 bits per heavy atom. The van der Waals surface area contributed by atoms with E-state index in [0.29, 0.717) is 5.02 Å². The number of benzene rings is 3. The van der Waals surface area contributed by atoms with Crippen LogP contribution in [0.2, 0.25) is 5.02 Å². The van der Waals surface area contributed by atoms with Gasteiger partial charge in [0.25, 0.3) is 0 Å². The van der Waals surface area contributed by atoms with Gasteiger partial charge in [-0.1, -0.05) is 66.2 Å². The molecular formula is C26H24ClN3O2. The van der Waals surface area contributed by atoms with Crippen LogP contribution in [0.15, 0.2) is 77.7 Å². The van der Waals surface area contributed by atoms with Gasteiger partial charge in [-0.3, -0.25) is 13.9 Å². The number of aromatic nitrogens is 2. The van der Waals surface area contributed by atoms with Crippen LogP contribution in [0.4, 0.5) is 0 Å². The van der Waals surface area contributed by atoms with E-state index in [0.717, 1.165) is 40.4 Å². The molecule has 32 heavy (non-hydrogen) atoms. The molecule has 0 bridgehead atoms. The lowest BCUT2D eigenvalue weighted by Crippen LogP contribution is -2.34. The Hall–Kier alpha value is -3.31. The number of hydrogen-bond donors (Lipinski definition) is 1. The predicted molar refractivity (Wildman–Crippen MR) is 128 cm³/mol. The number of nitrogens with one attached hydrogen (secondary N) is 1. The normalized spacial score (nSPS) is 14.4. The lowest BCUT2D eigenvalue weighted by Gasteiger charge is -2.16. The van der Waals surface area contributed by atoms with Crippen LogP contribution >= 0.6 is 11.6 Å². The molecule has 0 unspecified atom stereocenters. The summed E-state index contributed by atoms with van der Waals surface area (Å²) in [6, 6.07) is 21.7. The molecule has 1 fully saturated rings. The fourth-order valence-corrected chi connectivity index (χ4v) is 4.41. The molecule has 1 aliphatic rings. The topological polar surface area (TPSA) is 56.0 Å². The lowest BCUT2D eigenvalue weighted by molar-refractivity contribution is -0.122. The third kappa shape index (κ3) is 3.96. The first-order chi connectivity index (χ1) is 15.5. The third-order valence-corrected chi connectivity index (χ3v) is 6.27. The fraction of sp³-hybridized carbons (Fsp3) is 0.231. The first-order valence-electron chi connectivity index (χ1n) is 10.9. The summed E-state index contributed by atoms with van der Waals surface area (Å²) in [6.45, 7) is 1.95. The van der Waals surface area contributed by atoms with Gasteiger partial charge in [0.2, 0.25) is 5.91 Å². The molecule has 1 amide bonds. The van der Waals surface area contributed by atoms with E-state index in [1.165, 1.54) is 4.57 Å². The van der Waals surface area contributed by atoms with Gasteiger partial charge in [-0.2, -0.15) is 0 Å². The van der Waals surface area contributed by atoms with Crippen LogP contribution < -0.4 is 11.0 Å². The minimum Gasteiger partial charge on any atom is -0.348 e. The van der Waals surface area contributed by atoms with Gasteiger partial charge in [0.05, 0.1) is 11.7 Å². The monoisotopic (exact) mass is 445 g/mol. The Bertz CT molecular complexity index is 1340. The van der Waals surface area contributed by atoms with Gasteiger partial charge >= 0.3 is 5.69 Å². The van der Waals surface area contributed by atoms with Crippen molar-refractivity contribution in [3.8, 4) is 11.3 Å². The molecule has 0 aliphatic heterocycles. The summed E-state index contributed by atoms with van der Waals surface area (Å²) in [5, 5.41) is 5.96. The maximum Gasteiger partial charge on any atom is 0.329 e. The van der Waals surface area contributed by atoms with E-state index in [-0.39, 0.29) is 30.2 Å². The molecule has 1 aliphatic carbocycles. The summed E-state index contributed by atoms with van der Waals surface area (Å²) in [5.41, 5.74) is 2.65. The molecule has 1 N–H and O–H groups in total. The minimum absolute atomic E-state index is 0.0196. The van der Waals surface area contributed by atoms with Crippen molar-refractivity contribution in [3.63, 3.8) is 0 Å². The number of carbonyl (C=O) groups excluding carboxylic acids is 1. The van der Waals surface area contributed by atoms with Crippen LogP contribution in [0.5, 0.6) is 0 Å². The molecule has 4 aromatic rings.